The maximum absolute atomic E-state index is 6.98. The number of hydrogen-bond acceptors (Lipinski definition) is 2. The first-order valence-corrected chi connectivity index (χ1v) is 21.9. The standard InChI is InChI=1S/C59H37N4O/c1-2-15-37(16-3-1)61-55-26-12-13-27-57(55)64-58-36-50-49(35-56(58)61)48-34-39(63-53-24-10-6-19-44(53)45-20-7-11-25-54(45)63)29-31-41(48)40-30-28-38(33-47(40)46-21-14-32-60-59(46)50)62-51-22-8-4-17-42(51)43-18-5-9-23-52(43)62/h1-36,57H/q+1. The number of allylic oxidation sites excluding steroid dienone is 2. The first-order valence-electron chi connectivity index (χ1n) is 21.9. The van der Waals surface area contributed by atoms with E-state index < -0.39 is 0 Å². The SMILES string of the molecule is C1=CC2=[N+](c3ccccc3)c3cc4c(cc3OC2C=C1)-c1ncccc1-c1cc(-n2c3ccccc3c3ccccc32)ccc1-c1ccc(-n2c3ccccc3c3ccccc32)cc1-4. The van der Waals surface area contributed by atoms with Gasteiger partial charge in [-0.1, -0.05) is 121 Å². The second kappa shape index (κ2) is 13.5. The van der Waals surface area contributed by atoms with Crippen molar-refractivity contribution in [2.24, 2.45) is 0 Å². The van der Waals surface area contributed by atoms with Crippen LogP contribution in [0.15, 0.2) is 219 Å². The molecule has 0 spiro atoms. The van der Waals surface area contributed by atoms with Crippen molar-refractivity contribution in [2.45, 2.75) is 6.10 Å². The second-order valence-electron chi connectivity index (χ2n) is 16.8. The van der Waals surface area contributed by atoms with Gasteiger partial charge in [0.05, 0.1) is 27.8 Å². The zero-order valence-corrected chi connectivity index (χ0v) is 34.6. The Labute approximate surface area is 369 Å². The van der Waals surface area contributed by atoms with Crippen LogP contribution in [0, 0.1) is 0 Å². The van der Waals surface area contributed by atoms with E-state index in [1.54, 1.807) is 0 Å². The Morgan fingerprint density at radius 1 is 0.438 bits per heavy atom. The zero-order chi connectivity index (χ0) is 41.9. The van der Waals surface area contributed by atoms with Gasteiger partial charge in [0, 0.05) is 74.5 Å². The summed E-state index contributed by atoms with van der Waals surface area (Å²) in [6, 6.07) is 68.4. The van der Waals surface area contributed by atoms with Gasteiger partial charge in [0.2, 0.25) is 17.5 Å². The Balaban J connectivity index is 1.09. The van der Waals surface area contributed by atoms with E-state index >= 15 is 0 Å². The van der Waals surface area contributed by atoms with E-state index in [9.17, 15) is 0 Å². The lowest BCUT2D eigenvalue weighted by Gasteiger charge is -2.27. The number of benzene rings is 8. The van der Waals surface area contributed by atoms with Gasteiger partial charge in [-0.15, -0.1) is 0 Å². The number of rotatable bonds is 3. The lowest BCUT2D eigenvalue weighted by molar-refractivity contribution is 0.303. The molecule has 5 nitrogen and oxygen atoms in total. The molecule has 0 saturated heterocycles. The van der Waals surface area contributed by atoms with Crippen molar-refractivity contribution in [3.05, 3.63) is 219 Å². The number of fused-ring (bicyclic) bond motifs is 16. The van der Waals surface area contributed by atoms with Crippen LogP contribution < -0.4 is 9.31 Å². The molecular formula is C59H37N4O+. The van der Waals surface area contributed by atoms with E-state index in [0.717, 1.165) is 78.8 Å². The molecule has 11 aromatic rings. The number of ether oxygens (including phenoxy) is 1. The minimum atomic E-state index is -0.240. The van der Waals surface area contributed by atoms with Crippen LogP contribution in [0.25, 0.3) is 99.6 Å². The van der Waals surface area contributed by atoms with Crippen molar-refractivity contribution in [3.63, 3.8) is 0 Å². The Morgan fingerprint density at radius 2 is 0.969 bits per heavy atom. The van der Waals surface area contributed by atoms with Crippen LogP contribution in [0.1, 0.15) is 0 Å². The van der Waals surface area contributed by atoms with Crippen LogP contribution in [0.3, 0.4) is 0 Å². The van der Waals surface area contributed by atoms with Gasteiger partial charge in [-0.2, -0.15) is 4.58 Å². The smallest absolute Gasteiger partial charge is 0.254 e. The van der Waals surface area contributed by atoms with E-state index in [1.165, 1.54) is 43.6 Å². The minimum absolute atomic E-state index is 0.240. The molecule has 3 aromatic heterocycles. The van der Waals surface area contributed by atoms with E-state index in [2.05, 4.69) is 226 Å². The predicted octanol–water partition coefficient (Wildman–Crippen LogP) is 14.4. The molecular weight excluding hydrogens is 781 g/mol. The third kappa shape index (κ3) is 5.00. The summed E-state index contributed by atoms with van der Waals surface area (Å²) in [4.78, 5) is 5.28. The van der Waals surface area contributed by atoms with Gasteiger partial charge in [0.1, 0.15) is 0 Å². The van der Waals surface area contributed by atoms with Crippen LogP contribution in [-0.4, -0.2) is 25.9 Å². The summed E-state index contributed by atoms with van der Waals surface area (Å²) < 4.78 is 14.2. The average molecular weight is 818 g/mol. The van der Waals surface area contributed by atoms with Crippen LogP contribution in [0.4, 0.5) is 11.4 Å². The maximum Gasteiger partial charge on any atom is 0.254 e. The average Bonchev–Trinajstić information content (AvgIpc) is 3.88. The summed E-state index contributed by atoms with van der Waals surface area (Å²) >= 11 is 0. The summed E-state index contributed by atoms with van der Waals surface area (Å²) in [6.07, 6.45) is 10.2. The summed E-state index contributed by atoms with van der Waals surface area (Å²) in [6.45, 7) is 0. The number of hydrogen-bond donors (Lipinski definition) is 0. The van der Waals surface area contributed by atoms with Crippen LogP contribution in [0.2, 0.25) is 0 Å². The number of pyridine rings is 1. The maximum atomic E-state index is 6.98. The third-order valence-electron chi connectivity index (χ3n) is 13.4. The molecule has 64 heavy (non-hydrogen) atoms. The van der Waals surface area contributed by atoms with Crippen molar-refractivity contribution >= 4 is 60.7 Å². The molecule has 0 fully saturated rings. The number of nitrogens with zero attached hydrogens (tertiary/aromatic N) is 4. The van der Waals surface area contributed by atoms with E-state index in [0.29, 0.717) is 0 Å². The number of para-hydroxylation sites is 5. The lowest BCUT2D eigenvalue weighted by Crippen LogP contribution is -2.36. The molecule has 1 atom stereocenters. The predicted molar refractivity (Wildman–Crippen MR) is 264 cm³/mol. The highest BCUT2D eigenvalue weighted by molar-refractivity contribution is 6.12. The molecule has 298 valence electrons. The summed E-state index contributed by atoms with van der Waals surface area (Å²) in [5, 5.41) is 4.94. The molecule has 0 saturated carbocycles. The van der Waals surface area contributed by atoms with Gasteiger partial charge in [-0.3, -0.25) is 4.98 Å². The van der Waals surface area contributed by atoms with Gasteiger partial charge in [-0.25, -0.2) is 0 Å². The van der Waals surface area contributed by atoms with Crippen molar-refractivity contribution < 1.29 is 4.74 Å². The Morgan fingerprint density at radius 3 is 1.56 bits per heavy atom. The van der Waals surface area contributed by atoms with Gasteiger partial charge in [-0.05, 0) is 94.6 Å². The fourth-order valence-corrected chi connectivity index (χ4v) is 10.7. The second-order valence-corrected chi connectivity index (χ2v) is 16.8. The van der Waals surface area contributed by atoms with Crippen molar-refractivity contribution in [3.8, 4) is 61.8 Å². The third-order valence-corrected chi connectivity index (χ3v) is 13.4. The van der Waals surface area contributed by atoms with Crippen molar-refractivity contribution in [1.82, 2.24) is 18.7 Å². The summed E-state index contributed by atoms with van der Waals surface area (Å²) in [7, 11) is 0. The molecule has 8 aromatic carbocycles. The normalized spacial score (nSPS) is 14.7. The van der Waals surface area contributed by atoms with Gasteiger partial charge in [0.15, 0.2) is 5.75 Å². The molecule has 0 bridgehead atoms. The van der Waals surface area contributed by atoms with E-state index in [-0.39, 0.29) is 6.10 Å². The molecule has 3 aliphatic rings. The van der Waals surface area contributed by atoms with Crippen LogP contribution in [-0.2, 0) is 0 Å². The molecule has 5 heteroatoms. The molecule has 0 amide bonds. The highest BCUT2D eigenvalue weighted by atomic mass is 16.5. The Hall–Kier alpha value is -8.54. The molecule has 1 unspecified atom stereocenters. The van der Waals surface area contributed by atoms with Crippen LogP contribution in [0.5, 0.6) is 5.75 Å². The van der Waals surface area contributed by atoms with Gasteiger partial charge < -0.3 is 13.9 Å². The highest BCUT2D eigenvalue weighted by Gasteiger charge is 2.38. The first-order chi connectivity index (χ1) is 31.8. The van der Waals surface area contributed by atoms with Gasteiger partial charge in [0.25, 0.3) is 5.69 Å². The molecule has 4 heterocycles. The topological polar surface area (TPSA) is 35.0 Å². The van der Waals surface area contributed by atoms with Crippen molar-refractivity contribution in [2.75, 3.05) is 0 Å². The molecule has 1 aliphatic heterocycles. The fourth-order valence-electron chi connectivity index (χ4n) is 10.7. The molecule has 0 N–H and O–H groups in total. The molecule has 2 aliphatic carbocycles. The Kier molecular flexibility index (Phi) is 7.39. The monoisotopic (exact) mass is 817 g/mol. The summed E-state index contributed by atoms with van der Waals surface area (Å²) in [5.74, 6) is 0.813. The number of aromatic nitrogens is 3. The summed E-state index contributed by atoms with van der Waals surface area (Å²) in [5.41, 5.74) is 18.7. The van der Waals surface area contributed by atoms with Crippen LogP contribution >= 0.6 is 0 Å². The highest BCUT2D eigenvalue weighted by Crippen LogP contribution is 2.52. The fraction of sp³-hybridized carbons (Fsp3) is 0.0169. The quantitative estimate of drug-likeness (QED) is 0.167. The Bertz CT molecular complexity index is 3780. The largest absolute Gasteiger partial charge is 0.468 e. The van der Waals surface area contributed by atoms with E-state index in [1.807, 2.05) is 6.20 Å². The first kappa shape index (κ1) is 35.1. The minimum Gasteiger partial charge on any atom is -0.468 e. The van der Waals surface area contributed by atoms with E-state index in [4.69, 9.17) is 9.72 Å². The molecule has 14 rings (SSSR count). The lowest BCUT2D eigenvalue weighted by atomic mass is 9.81. The van der Waals surface area contributed by atoms with Crippen molar-refractivity contribution in [1.29, 1.82) is 0 Å². The van der Waals surface area contributed by atoms with Gasteiger partial charge >= 0.3 is 0 Å². The zero-order valence-electron chi connectivity index (χ0n) is 34.6. The molecule has 0 radical (unpaired) electrons.